The monoisotopic (exact) mass is 246 g/mol. The maximum absolute atomic E-state index is 10.7. The van der Waals surface area contributed by atoms with Gasteiger partial charge >= 0.3 is 0 Å². The van der Waals surface area contributed by atoms with Crippen molar-refractivity contribution >= 4 is 11.4 Å². The van der Waals surface area contributed by atoms with Crippen molar-refractivity contribution in [2.24, 2.45) is 0 Å². The summed E-state index contributed by atoms with van der Waals surface area (Å²) >= 11 is 0. The molecule has 2 N–H and O–H groups in total. The van der Waals surface area contributed by atoms with Gasteiger partial charge < -0.3 is 10.3 Å². The number of aromatic nitrogens is 2. The Kier molecular flexibility index (Phi) is 3.27. The van der Waals surface area contributed by atoms with Gasteiger partial charge in [0.15, 0.2) is 0 Å². The molecule has 18 heavy (non-hydrogen) atoms. The Hall–Kier alpha value is -2.37. The van der Waals surface area contributed by atoms with E-state index in [4.69, 9.17) is 5.73 Å². The first-order chi connectivity index (χ1) is 8.61. The Balaban J connectivity index is 2.33. The highest BCUT2D eigenvalue weighted by atomic mass is 16.6. The van der Waals surface area contributed by atoms with Crippen LogP contribution in [0.3, 0.4) is 0 Å². The second-order valence-corrected chi connectivity index (χ2v) is 3.97. The van der Waals surface area contributed by atoms with Crippen molar-refractivity contribution in [3.05, 3.63) is 52.1 Å². The van der Waals surface area contributed by atoms with Crippen molar-refractivity contribution in [2.45, 2.75) is 19.9 Å². The second kappa shape index (κ2) is 4.87. The summed E-state index contributed by atoms with van der Waals surface area (Å²) in [7, 11) is 0. The van der Waals surface area contributed by atoms with Gasteiger partial charge in [0.05, 0.1) is 11.5 Å². The Bertz CT molecular complexity index is 577. The van der Waals surface area contributed by atoms with Crippen LogP contribution in [0.1, 0.15) is 18.3 Å². The largest absolute Gasteiger partial charge is 0.398 e. The van der Waals surface area contributed by atoms with Gasteiger partial charge in [0.2, 0.25) is 0 Å². The lowest BCUT2D eigenvalue weighted by atomic mass is 10.1. The molecule has 2 aromatic rings. The maximum Gasteiger partial charge on any atom is 0.269 e. The van der Waals surface area contributed by atoms with Crippen LogP contribution in [0, 0.1) is 10.1 Å². The molecule has 0 aliphatic rings. The lowest BCUT2D eigenvalue weighted by molar-refractivity contribution is -0.384. The topological polar surface area (TPSA) is 87.0 Å². The number of anilines is 1. The third-order valence-corrected chi connectivity index (χ3v) is 2.80. The van der Waals surface area contributed by atoms with E-state index >= 15 is 0 Å². The third kappa shape index (κ3) is 2.32. The molecule has 1 heterocycles. The van der Waals surface area contributed by atoms with Crippen LogP contribution in [0.2, 0.25) is 0 Å². The van der Waals surface area contributed by atoms with Crippen LogP contribution in [0.15, 0.2) is 30.6 Å². The molecule has 0 aliphatic carbocycles. The summed E-state index contributed by atoms with van der Waals surface area (Å²) < 4.78 is 1.94. The number of nitro groups is 1. The predicted molar refractivity (Wildman–Crippen MR) is 68.2 cm³/mol. The molecule has 0 fully saturated rings. The van der Waals surface area contributed by atoms with E-state index in [1.54, 1.807) is 12.3 Å². The molecule has 1 aromatic carbocycles. The average Bonchev–Trinajstić information content (AvgIpc) is 2.79. The van der Waals surface area contributed by atoms with Crippen molar-refractivity contribution in [1.82, 2.24) is 9.55 Å². The summed E-state index contributed by atoms with van der Waals surface area (Å²) in [4.78, 5) is 14.5. The summed E-state index contributed by atoms with van der Waals surface area (Å²) in [5.74, 6) is 0.931. The van der Waals surface area contributed by atoms with Gasteiger partial charge in [0.1, 0.15) is 5.82 Å². The number of hydrogen-bond acceptors (Lipinski definition) is 4. The van der Waals surface area contributed by atoms with E-state index in [1.807, 2.05) is 17.7 Å². The average molecular weight is 246 g/mol. The van der Waals surface area contributed by atoms with Crippen LogP contribution in [0.4, 0.5) is 11.4 Å². The van der Waals surface area contributed by atoms with Crippen molar-refractivity contribution in [2.75, 3.05) is 5.73 Å². The van der Waals surface area contributed by atoms with Crippen LogP contribution in [-0.4, -0.2) is 14.5 Å². The fraction of sp³-hybridized carbons (Fsp3) is 0.250. The molecule has 0 aliphatic heterocycles. The first kappa shape index (κ1) is 12.1. The van der Waals surface area contributed by atoms with Crippen molar-refractivity contribution < 1.29 is 4.92 Å². The summed E-state index contributed by atoms with van der Waals surface area (Å²) in [6.45, 7) is 2.51. The van der Waals surface area contributed by atoms with E-state index in [9.17, 15) is 10.1 Å². The molecule has 0 saturated heterocycles. The quantitative estimate of drug-likeness (QED) is 0.507. The van der Waals surface area contributed by atoms with E-state index in [0.29, 0.717) is 12.2 Å². The van der Waals surface area contributed by atoms with Crippen LogP contribution in [-0.2, 0) is 13.0 Å². The standard InChI is InChI=1S/C12H14N4O2/c1-2-12-14-5-6-15(12)8-9-7-10(16(17)18)3-4-11(9)13/h3-7H,2,8,13H2,1H3. The van der Waals surface area contributed by atoms with Crippen LogP contribution in [0.5, 0.6) is 0 Å². The van der Waals surface area contributed by atoms with Crippen LogP contribution in [0.25, 0.3) is 0 Å². The number of non-ortho nitro benzene ring substituents is 1. The molecule has 94 valence electrons. The lowest BCUT2D eigenvalue weighted by Crippen LogP contribution is -2.06. The zero-order valence-corrected chi connectivity index (χ0v) is 10.0. The van der Waals surface area contributed by atoms with Gasteiger partial charge in [-0.05, 0) is 6.07 Å². The Morgan fingerprint density at radius 3 is 2.94 bits per heavy atom. The molecule has 0 radical (unpaired) electrons. The molecule has 6 nitrogen and oxygen atoms in total. The van der Waals surface area contributed by atoms with Crippen LogP contribution >= 0.6 is 0 Å². The second-order valence-electron chi connectivity index (χ2n) is 3.97. The number of aryl methyl sites for hydroxylation is 1. The molecule has 6 heteroatoms. The number of benzene rings is 1. The molecular weight excluding hydrogens is 232 g/mol. The zero-order chi connectivity index (χ0) is 13.1. The normalized spacial score (nSPS) is 10.5. The minimum absolute atomic E-state index is 0.0531. The first-order valence-corrected chi connectivity index (χ1v) is 5.64. The fourth-order valence-corrected chi connectivity index (χ4v) is 1.82. The van der Waals surface area contributed by atoms with E-state index in [-0.39, 0.29) is 5.69 Å². The minimum atomic E-state index is -0.419. The van der Waals surface area contributed by atoms with Gasteiger partial charge in [-0.25, -0.2) is 4.98 Å². The van der Waals surface area contributed by atoms with E-state index in [0.717, 1.165) is 17.8 Å². The first-order valence-electron chi connectivity index (χ1n) is 5.64. The smallest absolute Gasteiger partial charge is 0.269 e. The molecule has 0 saturated carbocycles. The van der Waals surface area contributed by atoms with E-state index < -0.39 is 4.92 Å². The van der Waals surface area contributed by atoms with Gasteiger partial charge in [-0.2, -0.15) is 0 Å². The number of imidazole rings is 1. The number of nitro benzene ring substituents is 1. The highest BCUT2D eigenvalue weighted by Crippen LogP contribution is 2.21. The van der Waals surface area contributed by atoms with Gasteiger partial charge in [-0.1, -0.05) is 6.92 Å². The molecule has 0 bridgehead atoms. The third-order valence-electron chi connectivity index (χ3n) is 2.80. The van der Waals surface area contributed by atoms with Gasteiger partial charge in [0.25, 0.3) is 5.69 Å². The summed E-state index contributed by atoms with van der Waals surface area (Å²) in [5, 5.41) is 10.7. The lowest BCUT2D eigenvalue weighted by Gasteiger charge is -2.09. The summed E-state index contributed by atoms with van der Waals surface area (Å²) in [6.07, 6.45) is 4.37. The highest BCUT2D eigenvalue weighted by Gasteiger charge is 2.10. The van der Waals surface area contributed by atoms with Crippen LogP contribution < -0.4 is 5.73 Å². The fourth-order valence-electron chi connectivity index (χ4n) is 1.82. The molecular formula is C12H14N4O2. The molecule has 0 amide bonds. The summed E-state index contributed by atoms with van der Waals surface area (Å²) in [6, 6.07) is 4.48. The molecule has 2 rings (SSSR count). The van der Waals surface area contributed by atoms with Crippen molar-refractivity contribution in [1.29, 1.82) is 0 Å². The number of rotatable bonds is 4. The number of hydrogen-bond donors (Lipinski definition) is 1. The van der Waals surface area contributed by atoms with E-state index in [1.165, 1.54) is 12.1 Å². The van der Waals surface area contributed by atoms with E-state index in [2.05, 4.69) is 4.98 Å². The predicted octanol–water partition coefficient (Wildman–Crippen LogP) is 1.98. The molecule has 0 spiro atoms. The SMILES string of the molecule is CCc1nccn1Cc1cc([N+](=O)[O-])ccc1N. The van der Waals surface area contributed by atoms with Gasteiger partial charge in [-0.3, -0.25) is 10.1 Å². The van der Waals surface area contributed by atoms with Crippen molar-refractivity contribution in [3.8, 4) is 0 Å². The van der Waals surface area contributed by atoms with Gasteiger partial charge in [-0.15, -0.1) is 0 Å². The number of nitrogen functional groups attached to an aromatic ring is 1. The highest BCUT2D eigenvalue weighted by molar-refractivity contribution is 5.52. The van der Waals surface area contributed by atoms with Gasteiger partial charge in [0, 0.05) is 42.2 Å². The minimum Gasteiger partial charge on any atom is -0.398 e. The zero-order valence-electron chi connectivity index (χ0n) is 10.0. The Morgan fingerprint density at radius 2 is 2.28 bits per heavy atom. The maximum atomic E-state index is 10.7. The Labute approximate surface area is 104 Å². The Morgan fingerprint density at radius 1 is 1.50 bits per heavy atom. The molecule has 1 aromatic heterocycles. The summed E-state index contributed by atoms with van der Waals surface area (Å²) in [5.41, 5.74) is 7.18. The molecule has 0 atom stereocenters. The van der Waals surface area contributed by atoms with Crippen molar-refractivity contribution in [3.63, 3.8) is 0 Å². The molecule has 0 unspecified atom stereocenters. The number of nitrogens with zero attached hydrogens (tertiary/aromatic N) is 3. The number of nitrogens with two attached hydrogens (primary N) is 1.